The quantitative estimate of drug-likeness (QED) is 0.815. The van der Waals surface area contributed by atoms with Crippen LogP contribution in [0.4, 0.5) is 11.4 Å². The van der Waals surface area contributed by atoms with Crippen LogP contribution in [0.25, 0.3) is 0 Å². The van der Waals surface area contributed by atoms with E-state index >= 15 is 0 Å². The lowest BCUT2D eigenvalue weighted by Gasteiger charge is -2.34. The first-order valence-electron chi connectivity index (χ1n) is 8.71. The summed E-state index contributed by atoms with van der Waals surface area (Å²) in [6, 6.07) is 12.1. The molecular weight excluding hydrogens is 366 g/mol. The molecule has 2 aromatic carbocycles. The number of hydrogen-bond acceptors (Lipinski definition) is 6. The molecule has 3 rings (SSSR count). The lowest BCUT2D eigenvalue weighted by molar-refractivity contribution is 0.313. The molecule has 2 aromatic rings. The number of nitrogens with zero attached hydrogens (tertiary/aromatic N) is 2. The van der Waals surface area contributed by atoms with E-state index in [2.05, 4.69) is 21.6 Å². The topological polar surface area (TPSA) is 71.1 Å². The zero-order chi connectivity index (χ0) is 19.4. The lowest BCUT2D eigenvalue weighted by atomic mass is 10.2. The fourth-order valence-electron chi connectivity index (χ4n) is 3.01. The minimum absolute atomic E-state index is 0.0347. The Hall–Kier alpha value is -2.45. The normalized spacial score (nSPS) is 15.4. The first-order chi connectivity index (χ1) is 12.9. The van der Waals surface area contributed by atoms with E-state index in [0.717, 1.165) is 31.9 Å². The Morgan fingerprint density at radius 2 is 1.59 bits per heavy atom. The van der Waals surface area contributed by atoms with Crippen LogP contribution in [0.1, 0.15) is 0 Å². The number of sulfonamides is 1. The van der Waals surface area contributed by atoms with Gasteiger partial charge in [-0.05, 0) is 43.4 Å². The van der Waals surface area contributed by atoms with Crippen molar-refractivity contribution in [3.8, 4) is 11.5 Å². The van der Waals surface area contributed by atoms with Gasteiger partial charge in [0, 0.05) is 43.6 Å². The van der Waals surface area contributed by atoms with Crippen molar-refractivity contribution < 1.29 is 17.9 Å². The van der Waals surface area contributed by atoms with Gasteiger partial charge in [0.25, 0.3) is 10.0 Å². The fraction of sp³-hybridized carbons (Fsp3) is 0.368. The maximum Gasteiger partial charge on any atom is 0.265 e. The van der Waals surface area contributed by atoms with Crippen molar-refractivity contribution in [1.82, 2.24) is 4.90 Å². The summed E-state index contributed by atoms with van der Waals surface area (Å²) in [5, 5.41) is 0. The van der Waals surface area contributed by atoms with Gasteiger partial charge in [0.15, 0.2) is 0 Å². The minimum atomic E-state index is -3.81. The number of anilines is 2. The van der Waals surface area contributed by atoms with Crippen LogP contribution >= 0.6 is 0 Å². The molecule has 1 saturated heterocycles. The van der Waals surface area contributed by atoms with Crippen LogP contribution < -0.4 is 19.1 Å². The van der Waals surface area contributed by atoms with Gasteiger partial charge < -0.3 is 19.3 Å². The summed E-state index contributed by atoms with van der Waals surface area (Å²) in [5.41, 5.74) is 1.59. The second-order valence-electron chi connectivity index (χ2n) is 6.46. The Bertz CT molecular complexity index is 876. The Morgan fingerprint density at radius 1 is 0.926 bits per heavy atom. The molecule has 1 N–H and O–H groups in total. The van der Waals surface area contributed by atoms with Gasteiger partial charge in [-0.2, -0.15) is 0 Å². The molecule has 0 radical (unpaired) electrons. The zero-order valence-electron chi connectivity index (χ0n) is 15.8. The van der Waals surface area contributed by atoms with Crippen LogP contribution in [0, 0.1) is 0 Å². The van der Waals surface area contributed by atoms with Crippen LogP contribution in [0.2, 0.25) is 0 Å². The van der Waals surface area contributed by atoms with E-state index in [1.54, 1.807) is 24.3 Å². The van der Waals surface area contributed by atoms with Gasteiger partial charge in [0.05, 0.1) is 14.2 Å². The second-order valence-corrected chi connectivity index (χ2v) is 8.11. The molecule has 1 aliphatic heterocycles. The van der Waals surface area contributed by atoms with Crippen molar-refractivity contribution in [3.63, 3.8) is 0 Å². The standard InChI is InChI=1S/C19H25N3O4S/c1-21-10-12-22(13-11-21)16-6-4-15(5-7-16)20-27(23,24)19-14-17(25-2)8-9-18(19)26-3/h4-9,14,20H,10-13H2,1-3H3. The monoisotopic (exact) mass is 391 g/mol. The third-order valence-corrected chi connectivity index (χ3v) is 6.05. The molecule has 0 atom stereocenters. The first kappa shape index (κ1) is 19.3. The highest BCUT2D eigenvalue weighted by molar-refractivity contribution is 7.92. The van der Waals surface area contributed by atoms with Gasteiger partial charge >= 0.3 is 0 Å². The van der Waals surface area contributed by atoms with Crippen molar-refractivity contribution in [2.75, 3.05) is 57.1 Å². The molecule has 0 aliphatic carbocycles. The van der Waals surface area contributed by atoms with Crippen molar-refractivity contribution in [2.45, 2.75) is 4.90 Å². The highest BCUT2D eigenvalue weighted by Crippen LogP contribution is 2.30. The average molecular weight is 391 g/mol. The van der Waals surface area contributed by atoms with E-state index in [0.29, 0.717) is 11.4 Å². The highest BCUT2D eigenvalue weighted by atomic mass is 32.2. The molecule has 0 aromatic heterocycles. The molecular formula is C19H25N3O4S. The molecule has 0 amide bonds. The number of benzene rings is 2. The Morgan fingerprint density at radius 3 is 2.19 bits per heavy atom. The van der Waals surface area contributed by atoms with E-state index in [1.807, 2.05) is 12.1 Å². The molecule has 0 saturated carbocycles. The molecule has 1 aliphatic rings. The van der Waals surface area contributed by atoms with Crippen molar-refractivity contribution in [2.24, 2.45) is 0 Å². The van der Waals surface area contributed by atoms with Crippen LogP contribution in [0.3, 0.4) is 0 Å². The second kappa shape index (κ2) is 8.06. The molecule has 146 valence electrons. The highest BCUT2D eigenvalue weighted by Gasteiger charge is 2.21. The Labute approximate surface area is 160 Å². The third-order valence-electron chi connectivity index (χ3n) is 4.65. The van der Waals surface area contributed by atoms with E-state index in [4.69, 9.17) is 9.47 Å². The molecule has 8 heteroatoms. The molecule has 27 heavy (non-hydrogen) atoms. The molecule has 7 nitrogen and oxygen atoms in total. The third kappa shape index (κ3) is 4.45. The van der Waals surface area contributed by atoms with E-state index < -0.39 is 10.0 Å². The van der Waals surface area contributed by atoms with Crippen molar-refractivity contribution in [3.05, 3.63) is 42.5 Å². The van der Waals surface area contributed by atoms with Gasteiger partial charge in [-0.1, -0.05) is 0 Å². The van der Waals surface area contributed by atoms with Gasteiger partial charge in [0.1, 0.15) is 16.4 Å². The summed E-state index contributed by atoms with van der Waals surface area (Å²) >= 11 is 0. The number of hydrogen-bond donors (Lipinski definition) is 1. The number of likely N-dealkylation sites (N-methyl/N-ethyl adjacent to an activating group) is 1. The molecule has 1 heterocycles. The van der Waals surface area contributed by atoms with Gasteiger partial charge in [-0.3, -0.25) is 4.72 Å². The molecule has 1 fully saturated rings. The number of nitrogens with one attached hydrogen (secondary N) is 1. The minimum Gasteiger partial charge on any atom is -0.497 e. The summed E-state index contributed by atoms with van der Waals surface area (Å²) in [7, 11) is 1.23. The molecule has 0 bridgehead atoms. The lowest BCUT2D eigenvalue weighted by Crippen LogP contribution is -2.44. The van der Waals surface area contributed by atoms with Gasteiger partial charge in [-0.15, -0.1) is 0 Å². The fourth-order valence-corrected chi connectivity index (χ4v) is 4.25. The average Bonchev–Trinajstić information content (AvgIpc) is 2.68. The zero-order valence-corrected chi connectivity index (χ0v) is 16.6. The number of ether oxygens (including phenoxy) is 2. The van der Waals surface area contributed by atoms with E-state index in [-0.39, 0.29) is 10.6 Å². The van der Waals surface area contributed by atoms with Crippen LogP contribution in [-0.4, -0.2) is 60.8 Å². The number of methoxy groups -OCH3 is 2. The first-order valence-corrected chi connectivity index (χ1v) is 10.2. The maximum atomic E-state index is 12.8. The Balaban J connectivity index is 1.78. The van der Waals surface area contributed by atoms with Crippen LogP contribution in [0.5, 0.6) is 11.5 Å². The van der Waals surface area contributed by atoms with Crippen molar-refractivity contribution >= 4 is 21.4 Å². The summed E-state index contributed by atoms with van der Waals surface area (Å²) in [6.45, 7) is 3.96. The largest absolute Gasteiger partial charge is 0.497 e. The summed E-state index contributed by atoms with van der Waals surface area (Å²) < 4.78 is 38.6. The summed E-state index contributed by atoms with van der Waals surface area (Å²) in [4.78, 5) is 4.62. The summed E-state index contributed by atoms with van der Waals surface area (Å²) in [5.74, 6) is 0.707. The Kier molecular flexibility index (Phi) is 5.76. The van der Waals surface area contributed by atoms with Crippen LogP contribution in [-0.2, 0) is 10.0 Å². The molecule has 0 spiro atoms. The van der Waals surface area contributed by atoms with E-state index in [1.165, 1.54) is 20.3 Å². The van der Waals surface area contributed by atoms with Crippen molar-refractivity contribution in [1.29, 1.82) is 0 Å². The van der Waals surface area contributed by atoms with Crippen LogP contribution in [0.15, 0.2) is 47.4 Å². The number of rotatable bonds is 6. The predicted octanol–water partition coefficient (Wildman–Crippen LogP) is 2.26. The smallest absolute Gasteiger partial charge is 0.265 e. The van der Waals surface area contributed by atoms with Gasteiger partial charge in [0.2, 0.25) is 0 Å². The predicted molar refractivity (Wildman–Crippen MR) is 107 cm³/mol. The maximum absolute atomic E-state index is 12.8. The summed E-state index contributed by atoms with van der Waals surface area (Å²) in [6.07, 6.45) is 0. The number of piperazine rings is 1. The SMILES string of the molecule is COc1ccc(OC)c(S(=O)(=O)Nc2ccc(N3CCN(C)CC3)cc2)c1. The van der Waals surface area contributed by atoms with E-state index in [9.17, 15) is 8.42 Å². The van der Waals surface area contributed by atoms with Gasteiger partial charge in [-0.25, -0.2) is 8.42 Å². The molecule has 0 unspecified atom stereocenters.